The van der Waals surface area contributed by atoms with Gasteiger partial charge in [0.25, 0.3) is 0 Å². The van der Waals surface area contributed by atoms with Crippen LogP contribution in [0.25, 0.3) is 0 Å². The lowest BCUT2D eigenvalue weighted by molar-refractivity contribution is -0.128. The molecule has 6 nitrogen and oxygen atoms in total. The molecule has 1 aromatic rings. The first kappa shape index (κ1) is 19.4. The van der Waals surface area contributed by atoms with Gasteiger partial charge in [0.05, 0.1) is 5.75 Å². The van der Waals surface area contributed by atoms with Crippen molar-refractivity contribution in [3.8, 4) is 0 Å². The van der Waals surface area contributed by atoms with Crippen LogP contribution in [0, 0.1) is 0 Å². The number of amides is 1. The van der Waals surface area contributed by atoms with Gasteiger partial charge in [-0.2, -0.15) is 4.98 Å². The predicted octanol–water partition coefficient (Wildman–Crippen LogP) is 1.79. The zero-order chi connectivity index (χ0) is 18.5. The fraction of sp³-hybridized carbons (Fsp3) is 0.737. The quantitative estimate of drug-likeness (QED) is 0.558. The van der Waals surface area contributed by atoms with E-state index in [2.05, 4.69) is 9.88 Å². The Balaban J connectivity index is 1.70. The van der Waals surface area contributed by atoms with E-state index in [1.165, 1.54) is 30.2 Å². The van der Waals surface area contributed by atoms with Crippen LogP contribution < -0.4 is 5.69 Å². The van der Waals surface area contributed by atoms with Crippen molar-refractivity contribution >= 4 is 17.7 Å². The maximum absolute atomic E-state index is 12.5. The summed E-state index contributed by atoms with van der Waals surface area (Å²) in [5.74, 6) is 0.572. The van der Waals surface area contributed by atoms with Gasteiger partial charge in [0.2, 0.25) is 5.91 Å². The zero-order valence-electron chi connectivity index (χ0n) is 16.0. The highest BCUT2D eigenvalue weighted by Crippen LogP contribution is 2.29. The number of thioether (sulfide) groups is 1. The van der Waals surface area contributed by atoms with Crippen LogP contribution in [-0.2, 0) is 24.2 Å². The summed E-state index contributed by atoms with van der Waals surface area (Å²) >= 11 is 1.46. The minimum Gasteiger partial charge on any atom is -0.342 e. The second-order valence-corrected chi connectivity index (χ2v) is 8.48. The van der Waals surface area contributed by atoms with E-state index in [-0.39, 0.29) is 11.6 Å². The normalized spacial score (nSPS) is 17.4. The Kier molecular flexibility index (Phi) is 6.75. The number of likely N-dealkylation sites (N-methyl/N-ethyl adjacent to an activating group) is 1. The molecule has 1 aromatic heterocycles. The first-order chi connectivity index (χ1) is 12.6. The molecule has 0 aromatic carbocycles. The summed E-state index contributed by atoms with van der Waals surface area (Å²) in [4.78, 5) is 33.5. The molecule has 7 heteroatoms. The van der Waals surface area contributed by atoms with Gasteiger partial charge in [-0.15, -0.1) is 0 Å². The fourth-order valence-electron chi connectivity index (χ4n) is 3.78. The first-order valence-electron chi connectivity index (χ1n) is 9.74. The van der Waals surface area contributed by atoms with Gasteiger partial charge in [0, 0.05) is 37.4 Å². The molecule has 2 aliphatic rings. The smallest absolute Gasteiger partial charge is 0.342 e. The molecule has 0 N–H and O–H groups in total. The first-order valence-corrected chi connectivity index (χ1v) is 10.7. The molecule has 3 rings (SSSR count). The number of rotatable bonds is 6. The van der Waals surface area contributed by atoms with Crippen molar-refractivity contribution < 1.29 is 4.79 Å². The number of carbonyl (C=O) groups excluding carboxylic acids is 1. The third-order valence-corrected chi connectivity index (χ3v) is 6.27. The van der Waals surface area contributed by atoms with Crippen LogP contribution in [0.4, 0.5) is 0 Å². The monoisotopic (exact) mass is 378 g/mol. The van der Waals surface area contributed by atoms with Crippen LogP contribution in [0.15, 0.2) is 9.82 Å². The highest BCUT2D eigenvalue weighted by atomic mass is 32.2. The molecule has 1 amide bonds. The van der Waals surface area contributed by atoms with Crippen LogP contribution in [0.1, 0.15) is 43.4 Å². The molecule has 0 bridgehead atoms. The number of hydrogen-bond donors (Lipinski definition) is 0. The summed E-state index contributed by atoms with van der Waals surface area (Å²) in [5.41, 5.74) is 2.16. The molecule has 26 heavy (non-hydrogen) atoms. The van der Waals surface area contributed by atoms with E-state index >= 15 is 0 Å². The highest BCUT2D eigenvalue weighted by Gasteiger charge is 2.23. The maximum atomic E-state index is 12.5. The predicted molar refractivity (Wildman–Crippen MR) is 105 cm³/mol. The van der Waals surface area contributed by atoms with Crippen molar-refractivity contribution in [3.63, 3.8) is 0 Å². The molecule has 1 aliphatic carbocycles. The van der Waals surface area contributed by atoms with Crippen molar-refractivity contribution in [1.29, 1.82) is 0 Å². The summed E-state index contributed by atoms with van der Waals surface area (Å²) in [7, 11) is 4.02. The number of fused-ring (bicyclic) bond motifs is 1. The van der Waals surface area contributed by atoms with Crippen LogP contribution >= 0.6 is 11.8 Å². The molecule has 0 radical (unpaired) electrons. The number of hydrogen-bond acceptors (Lipinski definition) is 5. The van der Waals surface area contributed by atoms with E-state index in [1.54, 1.807) is 0 Å². The summed E-state index contributed by atoms with van der Waals surface area (Å²) in [6.45, 7) is 3.25. The molecule has 1 fully saturated rings. The summed E-state index contributed by atoms with van der Waals surface area (Å²) in [6, 6.07) is 0. The average molecular weight is 379 g/mol. The number of likely N-dealkylation sites (tertiary alicyclic amines) is 1. The topological polar surface area (TPSA) is 58.4 Å². The van der Waals surface area contributed by atoms with Crippen LogP contribution in [-0.4, -0.2) is 64.7 Å². The second-order valence-electron chi connectivity index (χ2n) is 7.52. The van der Waals surface area contributed by atoms with Crippen LogP contribution in [0.3, 0.4) is 0 Å². The lowest BCUT2D eigenvalue weighted by Gasteiger charge is -2.20. The van der Waals surface area contributed by atoms with E-state index in [0.29, 0.717) is 12.3 Å². The molecule has 2 heterocycles. The van der Waals surface area contributed by atoms with Gasteiger partial charge >= 0.3 is 5.69 Å². The van der Waals surface area contributed by atoms with Crippen molar-refractivity contribution in [3.05, 3.63) is 21.7 Å². The minimum atomic E-state index is -0.169. The molecule has 0 spiro atoms. The maximum Gasteiger partial charge on any atom is 0.348 e. The van der Waals surface area contributed by atoms with E-state index < -0.39 is 0 Å². The second kappa shape index (κ2) is 9.04. The van der Waals surface area contributed by atoms with Crippen LogP contribution in [0.5, 0.6) is 0 Å². The van der Waals surface area contributed by atoms with Gasteiger partial charge in [-0.3, -0.25) is 9.36 Å². The Bertz CT molecular complexity index is 694. The van der Waals surface area contributed by atoms with Gasteiger partial charge < -0.3 is 9.80 Å². The van der Waals surface area contributed by atoms with E-state index in [4.69, 9.17) is 0 Å². The average Bonchev–Trinajstić information content (AvgIpc) is 2.93. The number of aromatic nitrogens is 2. The Labute approximate surface area is 160 Å². The van der Waals surface area contributed by atoms with E-state index in [9.17, 15) is 9.59 Å². The molecular formula is C19H30N4O2S. The van der Waals surface area contributed by atoms with Gasteiger partial charge in [0.15, 0.2) is 0 Å². The highest BCUT2D eigenvalue weighted by molar-refractivity contribution is 7.99. The summed E-state index contributed by atoms with van der Waals surface area (Å²) < 4.78 is 1.84. The lowest BCUT2D eigenvalue weighted by Crippen LogP contribution is -2.34. The molecule has 0 saturated carbocycles. The Morgan fingerprint density at radius 3 is 2.54 bits per heavy atom. The molecule has 0 atom stereocenters. The van der Waals surface area contributed by atoms with Crippen LogP contribution in [0.2, 0.25) is 0 Å². The molecular weight excluding hydrogens is 348 g/mol. The van der Waals surface area contributed by atoms with Gasteiger partial charge in [-0.25, -0.2) is 4.79 Å². The lowest BCUT2D eigenvalue weighted by atomic mass is 10.2. The molecule has 1 saturated heterocycles. The van der Waals surface area contributed by atoms with Gasteiger partial charge in [-0.1, -0.05) is 24.6 Å². The van der Waals surface area contributed by atoms with Crippen molar-refractivity contribution in [2.45, 2.75) is 56.5 Å². The van der Waals surface area contributed by atoms with Crippen molar-refractivity contribution in [2.75, 3.05) is 39.5 Å². The number of carbonyl (C=O) groups is 1. The van der Waals surface area contributed by atoms with Crippen molar-refractivity contribution in [1.82, 2.24) is 19.4 Å². The summed E-state index contributed by atoms with van der Waals surface area (Å²) in [6.07, 6.45) is 7.61. The standard InChI is InChI=1S/C19H30N4O2S/c1-21(2)12-13-23-16-9-7-8-15(16)18(20-19(23)25)26-14-17(24)22-10-5-3-4-6-11-22/h3-14H2,1-2H3. The molecule has 0 unspecified atom stereocenters. The Hall–Kier alpha value is -1.34. The molecule has 144 valence electrons. The SMILES string of the molecule is CN(C)CCn1c2c(c(SCC(=O)N3CCCCCC3)nc1=O)CCC2. The zero-order valence-corrected chi connectivity index (χ0v) is 16.8. The summed E-state index contributed by atoms with van der Waals surface area (Å²) in [5, 5.41) is 0.784. The van der Waals surface area contributed by atoms with E-state index in [1.807, 2.05) is 23.6 Å². The van der Waals surface area contributed by atoms with Crippen molar-refractivity contribution in [2.24, 2.45) is 0 Å². The Morgan fingerprint density at radius 2 is 1.85 bits per heavy atom. The largest absolute Gasteiger partial charge is 0.348 e. The molecule has 1 aliphatic heterocycles. The minimum absolute atomic E-state index is 0.169. The third-order valence-electron chi connectivity index (χ3n) is 5.26. The van der Waals surface area contributed by atoms with Gasteiger partial charge in [0.1, 0.15) is 5.03 Å². The number of nitrogens with zero attached hydrogens (tertiary/aromatic N) is 4. The van der Waals surface area contributed by atoms with Gasteiger partial charge in [-0.05, 0) is 46.2 Å². The third kappa shape index (κ3) is 4.68. The Morgan fingerprint density at radius 1 is 1.12 bits per heavy atom. The fourth-order valence-corrected chi connectivity index (χ4v) is 4.76. The van der Waals surface area contributed by atoms with E-state index in [0.717, 1.165) is 62.5 Å².